The van der Waals surface area contributed by atoms with E-state index in [1.54, 1.807) is 0 Å². The molecule has 0 unspecified atom stereocenters. The molecule has 138 valence electrons. The van der Waals surface area contributed by atoms with Crippen LogP contribution < -0.4 is 5.56 Å². The predicted octanol–water partition coefficient (Wildman–Crippen LogP) is 3.06. The number of hydrogen-bond donors (Lipinski definition) is 2. The van der Waals surface area contributed by atoms with E-state index < -0.39 is 41.8 Å². The van der Waals surface area contributed by atoms with Gasteiger partial charge in [0, 0.05) is 0 Å². The van der Waals surface area contributed by atoms with Crippen LogP contribution in [0.1, 0.15) is 29.8 Å². The number of hydrogen-bond acceptors (Lipinski definition) is 4. The van der Waals surface area contributed by atoms with Gasteiger partial charge in [0.05, 0.1) is 11.6 Å². The van der Waals surface area contributed by atoms with Crippen molar-refractivity contribution in [2.24, 2.45) is 0 Å². The van der Waals surface area contributed by atoms with Crippen LogP contribution in [0, 0.1) is 5.82 Å². The third kappa shape index (κ3) is 2.89. The second-order valence-electron chi connectivity index (χ2n) is 5.53. The highest BCUT2D eigenvalue weighted by Crippen LogP contribution is 2.33. The third-order valence-electron chi connectivity index (χ3n) is 3.90. The fourth-order valence-electron chi connectivity index (χ4n) is 2.63. The first-order valence-electron chi connectivity index (χ1n) is 7.26. The normalized spacial score (nSPS) is 13.3. The fourth-order valence-corrected chi connectivity index (χ4v) is 2.63. The molecule has 0 spiro atoms. The van der Waals surface area contributed by atoms with Crippen molar-refractivity contribution < 1.29 is 27.1 Å². The van der Waals surface area contributed by atoms with Crippen LogP contribution in [0.15, 0.2) is 23.0 Å². The lowest BCUT2D eigenvalue weighted by Gasteiger charge is -2.15. The second-order valence-corrected chi connectivity index (χ2v) is 5.53. The molecule has 26 heavy (non-hydrogen) atoms. The van der Waals surface area contributed by atoms with E-state index in [-0.39, 0.29) is 22.3 Å². The van der Waals surface area contributed by atoms with Crippen molar-refractivity contribution in [2.75, 3.05) is 0 Å². The summed E-state index contributed by atoms with van der Waals surface area (Å²) in [5.41, 5.74) is -2.58. The molecule has 0 saturated heterocycles. The zero-order chi connectivity index (χ0) is 19.2. The molecule has 0 radical (unpaired) electrons. The van der Waals surface area contributed by atoms with Crippen molar-refractivity contribution in [1.29, 1.82) is 0 Å². The average molecular weight is 374 g/mol. The smallest absolute Gasteiger partial charge is 0.419 e. The Kier molecular flexibility index (Phi) is 4.17. The molecule has 0 bridgehead atoms. The van der Waals surface area contributed by atoms with Gasteiger partial charge in [0.1, 0.15) is 23.6 Å². The highest BCUT2D eigenvalue weighted by molar-refractivity contribution is 5.77. The highest BCUT2D eigenvalue weighted by Gasteiger charge is 2.34. The van der Waals surface area contributed by atoms with Gasteiger partial charge in [0.25, 0.3) is 11.6 Å². The molecular formula is C15H11F5N4O2. The zero-order valence-corrected chi connectivity index (χ0v) is 13.1. The Bertz CT molecular complexity index is 1040. The maximum absolute atomic E-state index is 13.8. The molecule has 1 atom stereocenters. The lowest BCUT2D eigenvalue weighted by Crippen LogP contribution is -2.13. The average Bonchev–Trinajstić information content (AvgIpc) is 2.91. The summed E-state index contributed by atoms with van der Waals surface area (Å²) in [6, 6.07) is 0.693. The minimum absolute atomic E-state index is 0.0897. The maximum Gasteiger partial charge on any atom is 0.419 e. The number of fused-ring (bicyclic) bond motifs is 1. The fraction of sp³-hybridized carbons (Fsp3) is 0.267. The van der Waals surface area contributed by atoms with Gasteiger partial charge in [-0.05, 0) is 24.6 Å². The number of rotatable bonds is 3. The van der Waals surface area contributed by atoms with Gasteiger partial charge in [-0.15, -0.1) is 0 Å². The molecule has 6 nitrogen and oxygen atoms in total. The lowest BCUT2D eigenvalue weighted by atomic mass is 10.1. The van der Waals surface area contributed by atoms with E-state index in [2.05, 4.69) is 10.1 Å². The van der Waals surface area contributed by atoms with Gasteiger partial charge in [0.15, 0.2) is 5.65 Å². The largest absolute Gasteiger partial charge is 0.480 e. The van der Waals surface area contributed by atoms with E-state index in [0.29, 0.717) is 12.1 Å². The first-order chi connectivity index (χ1) is 12.1. The monoisotopic (exact) mass is 374 g/mol. The Morgan fingerprint density at radius 2 is 2.04 bits per heavy atom. The van der Waals surface area contributed by atoms with E-state index in [4.69, 9.17) is 0 Å². The molecule has 2 N–H and O–H groups in total. The topological polar surface area (TPSA) is 83.8 Å². The van der Waals surface area contributed by atoms with Crippen molar-refractivity contribution in [3.8, 4) is 6.01 Å². The number of nitrogens with zero attached hydrogens (tertiary/aromatic N) is 3. The number of aromatic amines is 1. The number of alkyl halides is 4. The van der Waals surface area contributed by atoms with Crippen LogP contribution in [0.5, 0.6) is 6.01 Å². The molecule has 3 aromatic rings. The molecule has 0 fully saturated rings. The zero-order valence-electron chi connectivity index (χ0n) is 13.1. The molecule has 0 aliphatic heterocycles. The van der Waals surface area contributed by atoms with E-state index >= 15 is 0 Å². The van der Waals surface area contributed by atoms with Crippen LogP contribution >= 0.6 is 0 Å². The first kappa shape index (κ1) is 17.8. The van der Waals surface area contributed by atoms with Crippen molar-refractivity contribution in [3.05, 3.63) is 51.2 Å². The van der Waals surface area contributed by atoms with Crippen molar-refractivity contribution in [2.45, 2.75) is 25.8 Å². The van der Waals surface area contributed by atoms with Crippen LogP contribution in [-0.4, -0.2) is 24.9 Å². The number of halogens is 5. The van der Waals surface area contributed by atoms with Crippen molar-refractivity contribution >= 4 is 11.0 Å². The summed E-state index contributed by atoms with van der Waals surface area (Å²) in [4.78, 5) is 17.6. The standard InChI is InChI=1S/C15H11F5N4O2/c1-6(7-2-3-8(9(17)4-7)15(18,19)20)24-12-11(10(5-16)23-24)13(25)22-14(26)21-12/h2-4,6H,5H2,1H3,(H2,21,22,25,26)/t6-/m0/s1. The summed E-state index contributed by atoms with van der Waals surface area (Å²) in [6.07, 6.45) is -4.84. The molecule has 11 heteroatoms. The van der Waals surface area contributed by atoms with Gasteiger partial charge in [-0.25, -0.2) is 13.5 Å². The molecule has 0 aliphatic rings. The predicted molar refractivity (Wildman–Crippen MR) is 79.8 cm³/mol. The summed E-state index contributed by atoms with van der Waals surface area (Å²) in [5, 5.41) is 13.1. The van der Waals surface area contributed by atoms with Gasteiger partial charge < -0.3 is 5.11 Å². The van der Waals surface area contributed by atoms with Gasteiger partial charge in [-0.3, -0.25) is 9.78 Å². The molecule has 1 aromatic carbocycles. The summed E-state index contributed by atoms with van der Waals surface area (Å²) in [5.74, 6) is -1.47. The number of nitrogens with one attached hydrogen (secondary N) is 1. The summed E-state index contributed by atoms with van der Waals surface area (Å²) in [7, 11) is 0. The maximum atomic E-state index is 13.8. The minimum Gasteiger partial charge on any atom is -0.480 e. The van der Waals surface area contributed by atoms with E-state index in [0.717, 1.165) is 10.7 Å². The molecule has 2 aromatic heterocycles. The first-order valence-corrected chi connectivity index (χ1v) is 7.26. The Morgan fingerprint density at radius 3 is 2.62 bits per heavy atom. The number of benzene rings is 1. The number of aromatic hydroxyl groups is 1. The van der Waals surface area contributed by atoms with E-state index in [1.165, 1.54) is 6.92 Å². The van der Waals surface area contributed by atoms with Gasteiger partial charge in [-0.1, -0.05) is 6.07 Å². The van der Waals surface area contributed by atoms with Crippen LogP contribution in [0.25, 0.3) is 11.0 Å². The van der Waals surface area contributed by atoms with Crippen LogP contribution in [0.3, 0.4) is 0 Å². The van der Waals surface area contributed by atoms with Crippen LogP contribution in [0.2, 0.25) is 0 Å². The molecule has 0 amide bonds. The minimum atomic E-state index is -4.84. The Labute approximate surface area is 141 Å². The van der Waals surface area contributed by atoms with Crippen molar-refractivity contribution in [1.82, 2.24) is 19.7 Å². The van der Waals surface area contributed by atoms with E-state index in [1.807, 2.05) is 4.98 Å². The van der Waals surface area contributed by atoms with E-state index in [9.17, 15) is 31.9 Å². The van der Waals surface area contributed by atoms with Gasteiger partial charge >= 0.3 is 6.18 Å². The Morgan fingerprint density at radius 1 is 1.35 bits per heavy atom. The molecule has 0 saturated carbocycles. The molecule has 0 aliphatic carbocycles. The van der Waals surface area contributed by atoms with Crippen LogP contribution in [0.4, 0.5) is 22.0 Å². The van der Waals surface area contributed by atoms with Gasteiger partial charge in [-0.2, -0.15) is 23.3 Å². The lowest BCUT2D eigenvalue weighted by molar-refractivity contribution is -0.140. The molecular weight excluding hydrogens is 363 g/mol. The quantitative estimate of drug-likeness (QED) is 0.691. The second kappa shape index (κ2) is 6.07. The Balaban J connectivity index is 2.15. The Hall–Kier alpha value is -2.98. The van der Waals surface area contributed by atoms with Gasteiger partial charge in [0.2, 0.25) is 0 Å². The molecule has 3 rings (SSSR count). The summed E-state index contributed by atoms with van der Waals surface area (Å²) >= 11 is 0. The highest BCUT2D eigenvalue weighted by atomic mass is 19.4. The SMILES string of the molecule is C[C@@H](c1ccc(C(F)(F)F)c(F)c1)n1nc(CF)c2c(=O)[nH]c(O)nc21. The summed E-state index contributed by atoms with van der Waals surface area (Å²) in [6.45, 7) is 0.351. The number of aromatic nitrogens is 4. The third-order valence-corrected chi connectivity index (χ3v) is 3.90. The van der Waals surface area contributed by atoms with Crippen LogP contribution in [-0.2, 0) is 12.9 Å². The summed E-state index contributed by atoms with van der Waals surface area (Å²) < 4.78 is 66.0. The molecule has 2 heterocycles. The van der Waals surface area contributed by atoms with Crippen molar-refractivity contribution in [3.63, 3.8) is 0 Å². The number of H-pyrrole nitrogens is 1.